The quantitative estimate of drug-likeness (QED) is 0.651. The second kappa shape index (κ2) is 7.72. The number of rotatable bonds is 4. The van der Waals surface area contributed by atoms with Crippen molar-refractivity contribution in [3.05, 3.63) is 34.4 Å². The van der Waals surface area contributed by atoms with Crippen LogP contribution < -0.4 is 4.90 Å². The van der Waals surface area contributed by atoms with E-state index in [2.05, 4.69) is 4.90 Å². The Morgan fingerprint density at radius 3 is 2.23 bits per heavy atom. The lowest BCUT2D eigenvalue weighted by Crippen LogP contribution is -2.50. The highest BCUT2D eigenvalue weighted by Crippen LogP contribution is 2.31. The fourth-order valence-corrected chi connectivity index (χ4v) is 3.83. The summed E-state index contributed by atoms with van der Waals surface area (Å²) in [4.78, 5) is 38.1. The van der Waals surface area contributed by atoms with Crippen molar-refractivity contribution in [3.8, 4) is 0 Å². The van der Waals surface area contributed by atoms with Gasteiger partial charge >= 0.3 is 5.97 Å². The monoisotopic (exact) mass is 361 g/mol. The van der Waals surface area contributed by atoms with Crippen molar-refractivity contribution in [1.29, 1.82) is 0 Å². The Bertz CT molecular complexity index is 692. The first kappa shape index (κ1) is 18.2. The van der Waals surface area contributed by atoms with E-state index in [0.717, 1.165) is 5.69 Å². The van der Waals surface area contributed by atoms with Crippen molar-refractivity contribution in [2.45, 2.75) is 25.7 Å². The summed E-state index contributed by atoms with van der Waals surface area (Å²) >= 11 is 0. The predicted octanol–water partition coefficient (Wildman–Crippen LogP) is 2.13. The molecule has 1 saturated heterocycles. The minimum atomic E-state index is -0.763. The van der Waals surface area contributed by atoms with E-state index in [1.807, 2.05) is 11.0 Å². The van der Waals surface area contributed by atoms with Crippen LogP contribution in [-0.4, -0.2) is 53.0 Å². The third-order valence-electron chi connectivity index (χ3n) is 5.42. The molecule has 0 bridgehead atoms. The lowest BCUT2D eigenvalue weighted by Gasteiger charge is -2.38. The number of amides is 1. The molecular weight excluding hydrogens is 338 g/mol. The van der Waals surface area contributed by atoms with Gasteiger partial charge in [0.1, 0.15) is 0 Å². The molecule has 1 saturated carbocycles. The van der Waals surface area contributed by atoms with Crippen LogP contribution in [0.4, 0.5) is 11.4 Å². The molecule has 0 unspecified atom stereocenters. The Morgan fingerprint density at radius 2 is 1.65 bits per heavy atom. The molecule has 1 aliphatic heterocycles. The highest BCUT2D eigenvalue weighted by molar-refractivity contribution is 5.80. The first-order valence-corrected chi connectivity index (χ1v) is 8.96. The lowest BCUT2D eigenvalue weighted by molar-refractivity contribution is -0.384. The standard InChI is InChI=1S/C18H23N3O5/c22-17(13-4-6-14(7-5-13)18(23)24)20-10-8-19(9-11-20)15-2-1-3-16(12-15)21(25)26/h1-3,12-14H,4-11H2,(H,23,24). The van der Waals surface area contributed by atoms with Gasteiger partial charge in [-0.05, 0) is 31.7 Å². The van der Waals surface area contributed by atoms with Gasteiger partial charge in [-0.2, -0.15) is 0 Å². The summed E-state index contributed by atoms with van der Waals surface area (Å²) in [5.41, 5.74) is 0.865. The zero-order valence-electron chi connectivity index (χ0n) is 14.5. The molecule has 1 aromatic carbocycles. The summed E-state index contributed by atoms with van der Waals surface area (Å²) in [5, 5.41) is 20.0. The van der Waals surface area contributed by atoms with Gasteiger partial charge in [0.25, 0.3) is 5.69 Å². The third-order valence-corrected chi connectivity index (χ3v) is 5.42. The first-order chi connectivity index (χ1) is 12.5. The molecule has 0 aromatic heterocycles. The number of carboxylic acids is 1. The van der Waals surface area contributed by atoms with E-state index in [9.17, 15) is 19.7 Å². The number of piperazine rings is 1. The van der Waals surface area contributed by atoms with Crippen molar-refractivity contribution in [2.24, 2.45) is 11.8 Å². The molecule has 2 aliphatic rings. The maximum absolute atomic E-state index is 12.7. The Hall–Kier alpha value is -2.64. The fraction of sp³-hybridized carbons (Fsp3) is 0.556. The maximum atomic E-state index is 12.7. The summed E-state index contributed by atoms with van der Waals surface area (Å²) < 4.78 is 0. The second-order valence-electron chi connectivity index (χ2n) is 6.98. The number of nitro groups is 1. The molecule has 1 aliphatic carbocycles. The Labute approximate surface area is 151 Å². The lowest BCUT2D eigenvalue weighted by atomic mass is 9.81. The molecule has 1 aromatic rings. The number of carbonyl (C=O) groups is 2. The molecule has 140 valence electrons. The van der Waals surface area contributed by atoms with Crippen molar-refractivity contribution < 1.29 is 19.6 Å². The van der Waals surface area contributed by atoms with Gasteiger partial charge in [-0.1, -0.05) is 6.07 Å². The Balaban J connectivity index is 1.54. The minimum absolute atomic E-state index is 0.0659. The largest absolute Gasteiger partial charge is 0.481 e. The van der Waals surface area contributed by atoms with Crippen LogP contribution in [0.1, 0.15) is 25.7 Å². The number of anilines is 1. The number of hydrogen-bond donors (Lipinski definition) is 1. The van der Waals surface area contributed by atoms with Gasteiger partial charge in [-0.25, -0.2) is 0 Å². The Morgan fingerprint density at radius 1 is 1.04 bits per heavy atom. The molecule has 0 radical (unpaired) electrons. The van der Waals surface area contributed by atoms with Gasteiger partial charge in [0, 0.05) is 49.9 Å². The number of hydrogen-bond acceptors (Lipinski definition) is 5. The summed E-state index contributed by atoms with van der Waals surface area (Å²) in [6.07, 6.45) is 2.42. The molecule has 26 heavy (non-hydrogen) atoms. The molecule has 1 N–H and O–H groups in total. The van der Waals surface area contributed by atoms with Crippen LogP contribution in [0.5, 0.6) is 0 Å². The Kier molecular flexibility index (Phi) is 5.39. The van der Waals surface area contributed by atoms with Gasteiger partial charge in [0.15, 0.2) is 0 Å². The highest BCUT2D eigenvalue weighted by atomic mass is 16.6. The summed E-state index contributed by atoms with van der Waals surface area (Å²) in [5.74, 6) is -1.03. The van der Waals surface area contributed by atoms with Crippen molar-refractivity contribution >= 4 is 23.3 Å². The van der Waals surface area contributed by atoms with Gasteiger partial charge in [0.2, 0.25) is 5.91 Å². The molecule has 0 atom stereocenters. The van der Waals surface area contributed by atoms with E-state index >= 15 is 0 Å². The summed E-state index contributed by atoms with van der Waals surface area (Å²) in [6.45, 7) is 2.44. The summed E-state index contributed by atoms with van der Waals surface area (Å²) in [7, 11) is 0. The van der Waals surface area contributed by atoms with Gasteiger partial charge in [0.05, 0.1) is 10.8 Å². The van der Waals surface area contributed by atoms with Crippen LogP contribution in [0, 0.1) is 22.0 Å². The van der Waals surface area contributed by atoms with Crippen LogP contribution in [0.15, 0.2) is 24.3 Å². The van der Waals surface area contributed by atoms with Crippen LogP contribution in [0.25, 0.3) is 0 Å². The molecule has 1 amide bonds. The zero-order valence-corrected chi connectivity index (χ0v) is 14.5. The molecule has 8 heteroatoms. The number of aliphatic carboxylic acids is 1. The number of carboxylic acid groups (broad SMARTS) is 1. The number of nitrogens with zero attached hydrogens (tertiary/aromatic N) is 3. The topological polar surface area (TPSA) is 104 Å². The van der Waals surface area contributed by atoms with Crippen LogP contribution in [0.3, 0.4) is 0 Å². The van der Waals surface area contributed by atoms with E-state index in [4.69, 9.17) is 5.11 Å². The van der Waals surface area contributed by atoms with E-state index < -0.39 is 10.9 Å². The molecular formula is C18H23N3O5. The van der Waals surface area contributed by atoms with Crippen molar-refractivity contribution in [2.75, 3.05) is 31.1 Å². The van der Waals surface area contributed by atoms with E-state index in [-0.39, 0.29) is 23.4 Å². The van der Waals surface area contributed by atoms with E-state index in [0.29, 0.717) is 51.9 Å². The number of carbonyl (C=O) groups excluding carboxylic acids is 1. The fourth-order valence-electron chi connectivity index (χ4n) is 3.83. The molecule has 1 heterocycles. The third kappa shape index (κ3) is 3.95. The minimum Gasteiger partial charge on any atom is -0.481 e. The normalized spacial score (nSPS) is 23.5. The highest BCUT2D eigenvalue weighted by Gasteiger charge is 2.33. The zero-order chi connectivity index (χ0) is 18.7. The number of nitro benzene ring substituents is 1. The molecule has 0 spiro atoms. The molecule has 8 nitrogen and oxygen atoms in total. The van der Waals surface area contributed by atoms with Crippen LogP contribution in [-0.2, 0) is 9.59 Å². The predicted molar refractivity (Wildman–Crippen MR) is 95.0 cm³/mol. The van der Waals surface area contributed by atoms with Gasteiger partial charge in [-0.3, -0.25) is 19.7 Å². The number of non-ortho nitro benzene ring substituents is 1. The van der Waals surface area contributed by atoms with Gasteiger partial charge < -0.3 is 14.9 Å². The van der Waals surface area contributed by atoms with Crippen molar-refractivity contribution in [3.63, 3.8) is 0 Å². The molecule has 2 fully saturated rings. The van der Waals surface area contributed by atoms with Gasteiger partial charge in [-0.15, -0.1) is 0 Å². The first-order valence-electron chi connectivity index (χ1n) is 8.96. The average Bonchev–Trinajstić information content (AvgIpc) is 2.67. The average molecular weight is 361 g/mol. The van der Waals surface area contributed by atoms with Crippen LogP contribution in [0.2, 0.25) is 0 Å². The van der Waals surface area contributed by atoms with Crippen molar-refractivity contribution in [1.82, 2.24) is 4.90 Å². The summed E-state index contributed by atoms with van der Waals surface area (Å²) in [6, 6.07) is 6.55. The van der Waals surface area contributed by atoms with E-state index in [1.165, 1.54) is 6.07 Å². The van der Waals surface area contributed by atoms with E-state index in [1.54, 1.807) is 12.1 Å². The SMILES string of the molecule is O=C(O)C1CCC(C(=O)N2CCN(c3cccc([N+](=O)[O-])c3)CC2)CC1. The molecule has 3 rings (SSSR count). The maximum Gasteiger partial charge on any atom is 0.306 e. The van der Waals surface area contributed by atoms with Crippen LogP contribution >= 0.6 is 0 Å². The second-order valence-corrected chi connectivity index (χ2v) is 6.98. The number of benzene rings is 1. The smallest absolute Gasteiger partial charge is 0.306 e.